The summed E-state index contributed by atoms with van der Waals surface area (Å²) in [5.74, 6) is 0.883. The van der Waals surface area contributed by atoms with Gasteiger partial charge in [0.25, 0.3) is 0 Å². The summed E-state index contributed by atoms with van der Waals surface area (Å²) in [5, 5.41) is 8.45. The SMILES string of the molecule is Fc1ccccc1[C@@H]1Oc2ccc(Cl)cc2C2=C1[C@H](c1ccc(Br)cc1)n1ncnc1N2. The van der Waals surface area contributed by atoms with Crippen LogP contribution in [0, 0.1) is 5.82 Å². The number of rotatable bonds is 2. The van der Waals surface area contributed by atoms with Crippen molar-refractivity contribution in [1.82, 2.24) is 14.8 Å². The van der Waals surface area contributed by atoms with E-state index in [0.717, 1.165) is 26.9 Å². The Morgan fingerprint density at radius 3 is 2.69 bits per heavy atom. The number of ether oxygens (including phenoxy) is 1. The first-order chi connectivity index (χ1) is 15.6. The van der Waals surface area contributed by atoms with Gasteiger partial charge < -0.3 is 10.1 Å². The topological polar surface area (TPSA) is 52.0 Å². The van der Waals surface area contributed by atoms with Crippen LogP contribution in [0.4, 0.5) is 10.3 Å². The standard InChI is InChI=1S/C24H15BrClFN4O/c25-14-7-5-13(6-8-14)22-20-21(30-24-28-12-29-31(22)24)17-11-15(26)9-10-19(17)32-23(20)16-3-1-2-4-18(16)27/h1-12,22-23H,(H,28,29,30)/t22-,23-/m0/s1. The Kier molecular flexibility index (Phi) is 4.55. The Morgan fingerprint density at radius 1 is 1.06 bits per heavy atom. The molecule has 8 heteroatoms. The van der Waals surface area contributed by atoms with E-state index in [2.05, 4.69) is 31.3 Å². The maximum absolute atomic E-state index is 15.0. The Labute approximate surface area is 196 Å². The monoisotopic (exact) mass is 508 g/mol. The van der Waals surface area contributed by atoms with Crippen LogP contribution >= 0.6 is 27.5 Å². The van der Waals surface area contributed by atoms with E-state index in [0.29, 0.717) is 22.3 Å². The van der Waals surface area contributed by atoms with E-state index in [1.807, 2.05) is 42.5 Å². The van der Waals surface area contributed by atoms with Gasteiger partial charge in [-0.05, 0) is 42.0 Å². The fourth-order valence-electron chi connectivity index (χ4n) is 4.35. The van der Waals surface area contributed by atoms with Crippen molar-refractivity contribution in [2.45, 2.75) is 12.1 Å². The Balaban J connectivity index is 1.65. The molecule has 4 aromatic rings. The Morgan fingerprint density at radius 2 is 1.88 bits per heavy atom. The van der Waals surface area contributed by atoms with Crippen molar-refractivity contribution in [3.05, 3.63) is 111 Å². The second kappa shape index (κ2) is 7.46. The number of nitrogens with one attached hydrogen (secondary N) is 1. The molecule has 0 amide bonds. The summed E-state index contributed by atoms with van der Waals surface area (Å²) >= 11 is 9.83. The van der Waals surface area contributed by atoms with Crippen LogP contribution in [0.3, 0.4) is 0 Å². The summed E-state index contributed by atoms with van der Waals surface area (Å²) < 4.78 is 24.2. The molecule has 158 valence electrons. The number of fused-ring (bicyclic) bond motifs is 3. The van der Waals surface area contributed by atoms with Gasteiger partial charge in [0.05, 0.1) is 5.70 Å². The second-order valence-electron chi connectivity index (χ2n) is 7.60. The van der Waals surface area contributed by atoms with Gasteiger partial charge in [-0.3, -0.25) is 0 Å². The molecule has 3 aromatic carbocycles. The van der Waals surface area contributed by atoms with E-state index in [1.165, 1.54) is 12.4 Å². The highest BCUT2D eigenvalue weighted by atomic mass is 79.9. The van der Waals surface area contributed by atoms with Crippen LogP contribution in [0.5, 0.6) is 5.75 Å². The number of anilines is 1. The van der Waals surface area contributed by atoms with E-state index in [9.17, 15) is 0 Å². The van der Waals surface area contributed by atoms with Gasteiger partial charge in [-0.15, -0.1) is 0 Å². The molecule has 0 saturated carbocycles. The highest BCUT2D eigenvalue weighted by Crippen LogP contribution is 2.51. The first-order valence-electron chi connectivity index (χ1n) is 9.97. The van der Waals surface area contributed by atoms with Gasteiger partial charge in [0.2, 0.25) is 5.95 Å². The molecule has 1 N–H and O–H groups in total. The van der Waals surface area contributed by atoms with E-state index < -0.39 is 6.10 Å². The van der Waals surface area contributed by atoms with Gasteiger partial charge in [0, 0.05) is 26.2 Å². The summed E-state index contributed by atoms with van der Waals surface area (Å²) in [6.45, 7) is 0. The molecular formula is C24H15BrClFN4O. The highest BCUT2D eigenvalue weighted by molar-refractivity contribution is 9.10. The molecule has 2 atom stereocenters. The number of hydrogen-bond donors (Lipinski definition) is 1. The van der Waals surface area contributed by atoms with Gasteiger partial charge in [0.1, 0.15) is 23.9 Å². The highest BCUT2D eigenvalue weighted by Gasteiger charge is 2.41. The van der Waals surface area contributed by atoms with Crippen LogP contribution in [-0.2, 0) is 0 Å². The van der Waals surface area contributed by atoms with Crippen LogP contribution in [0.15, 0.2) is 83.1 Å². The van der Waals surface area contributed by atoms with Gasteiger partial charge >= 0.3 is 0 Å². The maximum Gasteiger partial charge on any atom is 0.226 e. The Hall–Kier alpha value is -3.16. The third kappa shape index (κ3) is 3.04. The van der Waals surface area contributed by atoms with Gasteiger partial charge in [-0.2, -0.15) is 10.1 Å². The van der Waals surface area contributed by atoms with E-state index in [-0.39, 0.29) is 11.9 Å². The normalized spacial score (nSPS) is 18.8. The molecule has 0 saturated heterocycles. The van der Waals surface area contributed by atoms with Crippen molar-refractivity contribution in [1.29, 1.82) is 0 Å². The van der Waals surface area contributed by atoms with Gasteiger partial charge in [-0.25, -0.2) is 9.07 Å². The molecule has 0 bridgehead atoms. The molecular weight excluding hydrogens is 495 g/mol. The fourth-order valence-corrected chi connectivity index (χ4v) is 4.79. The molecule has 32 heavy (non-hydrogen) atoms. The first-order valence-corrected chi connectivity index (χ1v) is 11.1. The molecule has 2 aliphatic heterocycles. The summed E-state index contributed by atoms with van der Waals surface area (Å²) in [4.78, 5) is 4.40. The third-order valence-electron chi connectivity index (χ3n) is 5.75. The summed E-state index contributed by atoms with van der Waals surface area (Å²) in [6, 6.07) is 19.7. The minimum Gasteiger partial charge on any atom is -0.480 e. The number of halogens is 3. The van der Waals surface area contributed by atoms with Crippen LogP contribution in [-0.4, -0.2) is 14.8 Å². The lowest BCUT2D eigenvalue weighted by Gasteiger charge is -2.39. The number of aromatic nitrogens is 3. The van der Waals surface area contributed by atoms with Gasteiger partial charge in [-0.1, -0.05) is 57.9 Å². The molecule has 0 aliphatic carbocycles. The summed E-state index contributed by atoms with van der Waals surface area (Å²) in [6.07, 6.45) is 0.836. The summed E-state index contributed by atoms with van der Waals surface area (Å²) in [5.41, 5.74) is 3.87. The number of hydrogen-bond acceptors (Lipinski definition) is 4. The van der Waals surface area contributed by atoms with Crippen LogP contribution in [0.2, 0.25) is 5.02 Å². The van der Waals surface area contributed by atoms with Crippen LogP contribution in [0.1, 0.15) is 28.8 Å². The largest absolute Gasteiger partial charge is 0.480 e. The van der Waals surface area contributed by atoms with Crippen LogP contribution < -0.4 is 10.1 Å². The lowest BCUT2D eigenvalue weighted by Crippen LogP contribution is -2.32. The van der Waals surface area contributed by atoms with E-state index in [4.69, 9.17) is 16.3 Å². The zero-order chi connectivity index (χ0) is 21.8. The average molecular weight is 510 g/mol. The van der Waals surface area contributed by atoms with Crippen molar-refractivity contribution in [2.75, 3.05) is 5.32 Å². The molecule has 1 aromatic heterocycles. The smallest absolute Gasteiger partial charge is 0.226 e. The molecule has 5 nitrogen and oxygen atoms in total. The average Bonchev–Trinajstić information content (AvgIpc) is 3.27. The molecule has 0 fully saturated rings. The van der Waals surface area contributed by atoms with Gasteiger partial charge in [0.15, 0.2) is 6.10 Å². The predicted molar refractivity (Wildman–Crippen MR) is 124 cm³/mol. The van der Waals surface area contributed by atoms with E-state index in [1.54, 1.807) is 22.9 Å². The third-order valence-corrected chi connectivity index (χ3v) is 6.51. The number of benzene rings is 3. The van der Waals surface area contributed by atoms with Crippen molar-refractivity contribution in [3.63, 3.8) is 0 Å². The minimum atomic E-state index is -0.668. The number of nitrogens with zero attached hydrogens (tertiary/aromatic N) is 3. The summed E-state index contributed by atoms with van der Waals surface area (Å²) in [7, 11) is 0. The molecule has 0 radical (unpaired) electrons. The molecule has 2 aliphatic rings. The lowest BCUT2D eigenvalue weighted by atomic mass is 9.84. The zero-order valence-corrected chi connectivity index (χ0v) is 18.8. The molecule has 0 unspecified atom stereocenters. The van der Waals surface area contributed by atoms with Crippen molar-refractivity contribution >= 4 is 39.2 Å². The molecule has 3 heterocycles. The minimum absolute atomic E-state index is 0.333. The van der Waals surface area contributed by atoms with E-state index >= 15 is 4.39 Å². The van der Waals surface area contributed by atoms with Crippen molar-refractivity contribution < 1.29 is 9.13 Å². The van der Waals surface area contributed by atoms with Crippen LogP contribution in [0.25, 0.3) is 5.70 Å². The molecule has 6 rings (SSSR count). The zero-order valence-electron chi connectivity index (χ0n) is 16.5. The predicted octanol–water partition coefficient (Wildman–Crippen LogP) is 6.39. The maximum atomic E-state index is 15.0. The second-order valence-corrected chi connectivity index (χ2v) is 8.95. The van der Waals surface area contributed by atoms with Crippen molar-refractivity contribution in [2.24, 2.45) is 0 Å². The lowest BCUT2D eigenvalue weighted by molar-refractivity contribution is 0.218. The Bertz CT molecular complexity index is 1390. The molecule has 0 spiro atoms. The quantitative estimate of drug-likeness (QED) is 0.340. The van der Waals surface area contributed by atoms with Crippen molar-refractivity contribution in [3.8, 4) is 5.75 Å². The first kappa shape index (κ1) is 19.5. The fraction of sp³-hybridized carbons (Fsp3) is 0.0833.